The maximum atomic E-state index is 11.8. The number of ether oxygens (including phenoxy) is 1. The SMILES string of the molecule is CCC(C)(C)COCC(C)(C)CNC(=O)CC(C)(C)C. The van der Waals surface area contributed by atoms with Crippen LogP contribution in [0, 0.1) is 16.2 Å². The van der Waals surface area contributed by atoms with Crippen LogP contribution in [-0.2, 0) is 9.53 Å². The van der Waals surface area contributed by atoms with Crippen molar-refractivity contribution in [3.63, 3.8) is 0 Å². The van der Waals surface area contributed by atoms with E-state index in [1.807, 2.05) is 0 Å². The van der Waals surface area contributed by atoms with Crippen LogP contribution >= 0.6 is 0 Å². The fourth-order valence-electron chi connectivity index (χ4n) is 1.64. The molecular formula is C17H35NO2. The first-order valence-corrected chi connectivity index (χ1v) is 7.71. The maximum Gasteiger partial charge on any atom is 0.220 e. The molecule has 3 nitrogen and oxygen atoms in total. The average molecular weight is 285 g/mol. The molecule has 0 saturated heterocycles. The lowest BCUT2D eigenvalue weighted by Crippen LogP contribution is -2.38. The normalized spacial score (nSPS) is 13.4. The van der Waals surface area contributed by atoms with Crippen LogP contribution in [0.5, 0.6) is 0 Å². The van der Waals surface area contributed by atoms with Gasteiger partial charge in [0.2, 0.25) is 5.91 Å². The van der Waals surface area contributed by atoms with E-state index in [-0.39, 0.29) is 22.2 Å². The van der Waals surface area contributed by atoms with Crippen molar-refractivity contribution in [2.24, 2.45) is 16.2 Å². The third kappa shape index (κ3) is 10.2. The van der Waals surface area contributed by atoms with E-state index < -0.39 is 0 Å². The molecule has 1 amide bonds. The van der Waals surface area contributed by atoms with Gasteiger partial charge in [0.05, 0.1) is 13.2 Å². The highest BCUT2D eigenvalue weighted by molar-refractivity contribution is 5.76. The van der Waals surface area contributed by atoms with Gasteiger partial charge in [0.25, 0.3) is 0 Å². The summed E-state index contributed by atoms with van der Waals surface area (Å²) in [6.45, 7) is 19.2. The van der Waals surface area contributed by atoms with E-state index in [0.29, 0.717) is 19.6 Å². The molecule has 0 saturated carbocycles. The molecule has 0 aromatic rings. The van der Waals surface area contributed by atoms with Crippen molar-refractivity contribution in [2.45, 2.75) is 68.2 Å². The number of hydrogen-bond acceptors (Lipinski definition) is 2. The number of amides is 1. The van der Waals surface area contributed by atoms with Gasteiger partial charge in [0.15, 0.2) is 0 Å². The Morgan fingerprint density at radius 1 is 0.950 bits per heavy atom. The molecule has 120 valence electrons. The molecule has 0 spiro atoms. The predicted molar refractivity (Wildman–Crippen MR) is 85.8 cm³/mol. The van der Waals surface area contributed by atoms with Crippen molar-refractivity contribution >= 4 is 5.91 Å². The standard InChI is InChI=1S/C17H35NO2/c1-9-16(5,6)12-20-13-17(7,8)11-18-14(19)10-15(2,3)4/h9-13H2,1-8H3,(H,18,19). The molecule has 0 atom stereocenters. The second-order valence-corrected chi connectivity index (χ2v) is 8.69. The smallest absolute Gasteiger partial charge is 0.220 e. The molecule has 1 N–H and O–H groups in total. The van der Waals surface area contributed by atoms with Gasteiger partial charge in [0.1, 0.15) is 0 Å². The maximum absolute atomic E-state index is 11.8. The summed E-state index contributed by atoms with van der Waals surface area (Å²) < 4.78 is 5.84. The molecule has 0 aromatic heterocycles. The van der Waals surface area contributed by atoms with Gasteiger partial charge >= 0.3 is 0 Å². The van der Waals surface area contributed by atoms with E-state index in [1.165, 1.54) is 0 Å². The van der Waals surface area contributed by atoms with Gasteiger partial charge in [-0.1, -0.05) is 55.4 Å². The number of hydrogen-bond donors (Lipinski definition) is 1. The summed E-state index contributed by atoms with van der Waals surface area (Å²) in [6, 6.07) is 0. The van der Waals surface area contributed by atoms with Crippen molar-refractivity contribution in [3.8, 4) is 0 Å². The quantitative estimate of drug-likeness (QED) is 0.731. The average Bonchev–Trinajstić information content (AvgIpc) is 2.24. The molecule has 0 aliphatic carbocycles. The van der Waals surface area contributed by atoms with Crippen LogP contribution in [0.1, 0.15) is 68.2 Å². The summed E-state index contributed by atoms with van der Waals surface area (Å²) in [6.07, 6.45) is 1.67. The Morgan fingerprint density at radius 2 is 1.45 bits per heavy atom. The molecule has 0 radical (unpaired) electrons. The van der Waals surface area contributed by atoms with Crippen LogP contribution in [0.4, 0.5) is 0 Å². The van der Waals surface area contributed by atoms with E-state index in [0.717, 1.165) is 13.0 Å². The van der Waals surface area contributed by atoms with E-state index in [9.17, 15) is 4.79 Å². The van der Waals surface area contributed by atoms with Crippen molar-refractivity contribution in [1.29, 1.82) is 0 Å². The summed E-state index contributed by atoms with van der Waals surface area (Å²) in [5.41, 5.74) is 0.235. The van der Waals surface area contributed by atoms with Gasteiger partial charge in [-0.15, -0.1) is 0 Å². The molecule has 3 heteroatoms. The Kier molecular flexibility index (Phi) is 7.23. The minimum absolute atomic E-state index is 0.0304. The lowest BCUT2D eigenvalue weighted by Gasteiger charge is -2.29. The Hall–Kier alpha value is -0.570. The monoisotopic (exact) mass is 285 g/mol. The van der Waals surface area contributed by atoms with Crippen LogP contribution < -0.4 is 5.32 Å². The Balaban J connectivity index is 4.04. The van der Waals surface area contributed by atoms with Gasteiger partial charge in [-0.25, -0.2) is 0 Å². The molecule has 0 fully saturated rings. The first kappa shape index (κ1) is 19.4. The highest BCUT2D eigenvalue weighted by Crippen LogP contribution is 2.22. The van der Waals surface area contributed by atoms with Crippen molar-refractivity contribution < 1.29 is 9.53 Å². The largest absolute Gasteiger partial charge is 0.380 e. The van der Waals surface area contributed by atoms with Gasteiger partial charge in [-0.3, -0.25) is 4.79 Å². The molecule has 0 heterocycles. The van der Waals surface area contributed by atoms with Crippen LogP contribution in [0.2, 0.25) is 0 Å². The van der Waals surface area contributed by atoms with Gasteiger partial charge < -0.3 is 10.1 Å². The third-order valence-corrected chi connectivity index (χ3v) is 3.40. The third-order valence-electron chi connectivity index (χ3n) is 3.40. The molecular weight excluding hydrogens is 250 g/mol. The highest BCUT2D eigenvalue weighted by atomic mass is 16.5. The van der Waals surface area contributed by atoms with Gasteiger partial charge in [-0.05, 0) is 17.3 Å². The Morgan fingerprint density at radius 3 is 1.90 bits per heavy atom. The topological polar surface area (TPSA) is 38.3 Å². The second-order valence-electron chi connectivity index (χ2n) is 8.69. The molecule has 0 rings (SSSR count). The zero-order valence-corrected chi connectivity index (χ0v) is 14.9. The highest BCUT2D eigenvalue weighted by Gasteiger charge is 2.23. The second kappa shape index (κ2) is 7.44. The predicted octanol–water partition coefficient (Wildman–Crippen LogP) is 4.02. The number of nitrogens with one attached hydrogen (secondary N) is 1. The number of carbonyl (C=O) groups is 1. The molecule has 0 bridgehead atoms. The molecule has 0 aliphatic heterocycles. The van der Waals surface area contributed by atoms with Crippen molar-refractivity contribution in [3.05, 3.63) is 0 Å². The van der Waals surface area contributed by atoms with Crippen molar-refractivity contribution in [1.82, 2.24) is 5.32 Å². The first-order chi connectivity index (χ1) is 8.87. The zero-order chi connectivity index (χ0) is 16.0. The molecule has 0 aliphatic rings. The summed E-state index contributed by atoms with van der Waals surface area (Å²) in [5.74, 6) is 0.125. The van der Waals surface area contributed by atoms with Crippen LogP contribution in [0.25, 0.3) is 0 Å². The van der Waals surface area contributed by atoms with Crippen LogP contribution in [-0.4, -0.2) is 25.7 Å². The van der Waals surface area contributed by atoms with Crippen LogP contribution in [0.3, 0.4) is 0 Å². The lowest BCUT2D eigenvalue weighted by molar-refractivity contribution is -0.123. The molecule has 0 unspecified atom stereocenters. The van der Waals surface area contributed by atoms with Crippen molar-refractivity contribution in [2.75, 3.05) is 19.8 Å². The van der Waals surface area contributed by atoms with E-state index in [4.69, 9.17) is 4.74 Å². The van der Waals surface area contributed by atoms with E-state index in [2.05, 4.69) is 60.7 Å². The summed E-state index contributed by atoms with van der Waals surface area (Å²) in [4.78, 5) is 11.8. The summed E-state index contributed by atoms with van der Waals surface area (Å²) in [7, 11) is 0. The first-order valence-electron chi connectivity index (χ1n) is 7.71. The fraction of sp³-hybridized carbons (Fsp3) is 0.941. The Bertz CT molecular complexity index is 301. The van der Waals surface area contributed by atoms with E-state index >= 15 is 0 Å². The van der Waals surface area contributed by atoms with E-state index in [1.54, 1.807) is 0 Å². The molecule has 0 aromatic carbocycles. The van der Waals surface area contributed by atoms with Gasteiger partial charge in [-0.2, -0.15) is 0 Å². The summed E-state index contributed by atoms with van der Waals surface area (Å²) in [5, 5.41) is 3.02. The lowest BCUT2D eigenvalue weighted by atomic mass is 9.90. The number of rotatable bonds is 8. The van der Waals surface area contributed by atoms with Crippen LogP contribution in [0.15, 0.2) is 0 Å². The Labute approximate surface area is 125 Å². The summed E-state index contributed by atoms with van der Waals surface area (Å²) >= 11 is 0. The van der Waals surface area contributed by atoms with Gasteiger partial charge in [0, 0.05) is 18.4 Å². The number of carbonyl (C=O) groups excluding carboxylic acids is 1. The minimum atomic E-state index is -0.0304. The fourth-order valence-corrected chi connectivity index (χ4v) is 1.64. The molecule has 20 heavy (non-hydrogen) atoms. The minimum Gasteiger partial charge on any atom is -0.380 e. The zero-order valence-electron chi connectivity index (χ0n) is 14.9.